The Hall–Kier alpha value is -0.620. The van der Waals surface area contributed by atoms with Crippen molar-refractivity contribution in [3.8, 4) is 0 Å². The van der Waals surface area contributed by atoms with Gasteiger partial charge in [-0.25, -0.2) is 0 Å². The fraction of sp³-hybridized carbons (Fsp3) is 0.769. The van der Waals surface area contributed by atoms with Crippen LogP contribution in [0.3, 0.4) is 0 Å². The molecule has 2 heterocycles. The van der Waals surface area contributed by atoms with Gasteiger partial charge in [0.05, 0.1) is 23.0 Å². The van der Waals surface area contributed by atoms with E-state index in [9.17, 15) is 0 Å². The molecule has 0 aliphatic carbocycles. The average molecular weight is 288 g/mol. The maximum absolute atomic E-state index is 6.28. The molecule has 1 atom stereocenters. The van der Waals surface area contributed by atoms with E-state index in [1.807, 2.05) is 11.6 Å². The molecule has 0 saturated carbocycles. The Morgan fingerprint density at radius 1 is 1.58 bits per heavy atom. The number of aromatic nitrogens is 2. The van der Waals surface area contributed by atoms with E-state index in [1.54, 1.807) is 7.11 Å². The van der Waals surface area contributed by atoms with Gasteiger partial charge < -0.3 is 14.8 Å². The summed E-state index contributed by atoms with van der Waals surface area (Å²) in [4.78, 5) is 0. The zero-order valence-corrected chi connectivity index (χ0v) is 12.6. The van der Waals surface area contributed by atoms with Crippen LogP contribution in [0.5, 0.6) is 0 Å². The Kier molecular flexibility index (Phi) is 4.84. The molecule has 0 bridgehead atoms. The quantitative estimate of drug-likeness (QED) is 0.866. The van der Waals surface area contributed by atoms with Crippen molar-refractivity contribution in [3.05, 3.63) is 16.4 Å². The summed E-state index contributed by atoms with van der Waals surface area (Å²) in [6.07, 6.45) is 0.927. The number of hydrogen-bond donors (Lipinski definition) is 1. The van der Waals surface area contributed by atoms with Gasteiger partial charge in [0.15, 0.2) is 0 Å². The zero-order chi connectivity index (χ0) is 13.9. The van der Waals surface area contributed by atoms with Gasteiger partial charge in [0.1, 0.15) is 5.60 Å². The topological polar surface area (TPSA) is 48.3 Å². The first-order valence-electron chi connectivity index (χ1n) is 6.67. The molecule has 1 saturated heterocycles. The molecule has 1 fully saturated rings. The number of nitrogens with one attached hydrogen (secondary N) is 1. The molecule has 0 amide bonds. The van der Waals surface area contributed by atoms with Crippen LogP contribution in [0.15, 0.2) is 0 Å². The molecule has 0 radical (unpaired) electrons. The normalized spacial score (nSPS) is 23.2. The lowest BCUT2D eigenvalue weighted by atomic mass is 10.0. The Labute approximate surface area is 119 Å². The van der Waals surface area contributed by atoms with Gasteiger partial charge in [-0.1, -0.05) is 11.6 Å². The van der Waals surface area contributed by atoms with E-state index in [1.165, 1.54) is 0 Å². The van der Waals surface area contributed by atoms with Gasteiger partial charge in [-0.3, -0.25) is 4.68 Å². The number of hydrogen-bond acceptors (Lipinski definition) is 4. The average Bonchev–Trinajstić information content (AvgIpc) is 2.99. The highest BCUT2D eigenvalue weighted by Gasteiger charge is 2.34. The first-order valence-corrected chi connectivity index (χ1v) is 7.05. The summed E-state index contributed by atoms with van der Waals surface area (Å²) in [6.45, 7) is 7.68. The Balaban J connectivity index is 1.95. The molecule has 1 aliphatic heterocycles. The lowest BCUT2D eigenvalue weighted by Gasteiger charge is -2.26. The predicted octanol–water partition coefficient (Wildman–Crippen LogP) is 1.76. The molecule has 1 aromatic rings. The Morgan fingerprint density at radius 3 is 2.95 bits per heavy atom. The minimum Gasteiger partial charge on any atom is -0.378 e. The largest absolute Gasteiger partial charge is 0.378 e. The van der Waals surface area contributed by atoms with E-state index in [0.29, 0.717) is 13.2 Å². The van der Waals surface area contributed by atoms with Crippen molar-refractivity contribution in [2.45, 2.75) is 39.0 Å². The molecule has 6 heteroatoms. The van der Waals surface area contributed by atoms with Gasteiger partial charge in [0.2, 0.25) is 0 Å². The van der Waals surface area contributed by atoms with Crippen LogP contribution in [-0.4, -0.2) is 42.2 Å². The third-order valence-corrected chi connectivity index (χ3v) is 4.18. The van der Waals surface area contributed by atoms with E-state index >= 15 is 0 Å². The van der Waals surface area contributed by atoms with Crippen molar-refractivity contribution < 1.29 is 9.47 Å². The second-order valence-electron chi connectivity index (χ2n) is 4.96. The first-order chi connectivity index (χ1) is 9.12. The van der Waals surface area contributed by atoms with E-state index in [0.717, 1.165) is 42.5 Å². The number of halogens is 1. The summed E-state index contributed by atoms with van der Waals surface area (Å²) in [5.41, 5.74) is 1.72. The van der Waals surface area contributed by atoms with Crippen molar-refractivity contribution in [2.24, 2.45) is 0 Å². The summed E-state index contributed by atoms with van der Waals surface area (Å²) in [5.74, 6) is 0. The summed E-state index contributed by atoms with van der Waals surface area (Å²) >= 11 is 6.28. The molecular formula is C13H22ClN3O2. The molecule has 2 rings (SSSR count). The van der Waals surface area contributed by atoms with Gasteiger partial charge in [-0.15, -0.1) is 0 Å². The lowest BCUT2D eigenvalue weighted by Crippen LogP contribution is -2.42. The number of methoxy groups -OCH3 is 1. The van der Waals surface area contributed by atoms with Gasteiger partial charge in [0.25, 0.3) is 0 Å². The Morgan fingerprint density at radius 2 is 2.37 bits per heavy atom. The fourth-order valence-electron chi connectivity index (χ4n) is 2.41. The standard InChI is InChI=1S/C13H22ClN3O2/c1-4-17-11(12(14)10(2)16-17)7-15-8-13(18-3)5-6-19-9-13/h15H,4-9H2,1-3H3. The number of ether oxygens (including phenoxy) is 2. The predicted molar refractivity (Wildman–Crippen MR) is 74.5 cm³/mol. The molecule has 1 aliphatic rings. The van der Waals surface area contributed by atoms with Gasteiger partial charge in [-0.2, -0.15) is 5.10 Å². The van der Waals surface area contributed by atoms with Crippen LogP contribution in [0.4, 0.5) is 0 Å². The highest BCUT2D eigenvalue weighted by atomic mass is 35.5. The van der Waals surface area contributed by atoms with Crippen LogP contribution < -0.4 is 5.32 Å². The smallest absolute Gasteiger partial charge is 0.106 e. The summed E-state index contributed by atoms with van der Waals surface area (Å²) < 4.78 is 12.9. The molecule has 1 unspecified atom stereocenters. The highest BCUT2D eigenvalue weighted by molar-refractivity contribution is 6.31. The Bertz CT molecular complexity index is 428. The molecule has 108 valence electrons. The minimum absolute atomic E-state index is 0.196. The third-order valence-electron chi connectivity index (χ3n) is 3.69. The monoisotopic (exact) mass is 287 g/mol. The lowest BCUT2D eigenvalue weighted by molar-refractivity contribution is -0.0160. The molecular weight excluding hydrogens is 266 g/mol. The third kappa shape index (κ3) is 3.11. The van der Waals surface area contributed by atoms with E-state index < -0.39 is 0 Å². The van der Waals surface area contributed by atoms with Crippen LogP contribution in [-0.2, 0) is 22.6 Å². The van der Waals surface area contributed by atoms with Crippen LogP contribution >= 0.6 is 11.6 Å². The molecule has 0 spiro atoms. The fourth-order valence-corrected chi connectivity index (χ4v) is 2.61. The number of rotatable bonds is 6. The van der Waals surface area contributed by atoms with Gasteiger partial charge in [-0.05, 0) is 13.8 Å². The second-order valence-corrected chi connectivity index (χ2v) is 5.33. The van der Waals surface area contributed by atoms with Crippen molar-refractivity contribution >= 4 is 11.6 Å². The summed E-state index contributed by atoms with van der Waals surface area (Å²) in [7, 11) is 1.74. The van der Waals surface area contributed by atoms with E-state index in [4.69, 9.17) is 21.1 Å². The van der Waals surface area contributed by atoms with Crippen LogP contribution in [0.1, 0.15) is 24.7 Å². The molecule has 19 heavy (non-hydrogen) atoms. The number of nitrogens with zero attached hydrogens (tertiary/aromatic N) is 2. The summed E-state index contributed by atoms with van der Waals surface area (Å²) in [5, 5.41) is 8.57. The maximum atomic E-state index is 6.28. The van der Waals surface area contributed by atoms with Crippen molar-refractivity contribution in [3.63, 3.8) is 0 Å². The number of aryl methyl sites for hydroxylation is 2. The molecule has 1 N–H and O–H groups in total. The molecule has 5 nitrogen and oxygen atoms in total. The minimum atomic E-state index is -0.196. The van der Waals surface area contributed by atoms with Gasteiger partial charge in [0, 0.05) is 39.8 Å². The highest BCUT2D eigenvalue weighted by Crippen LogP contribution is 2.23. The van der Waals surface area contributed by atoms with Gasteiger partial charge >= 0.3 is 0 Å². The first kappa shape index (κ1) is 14.8. The second kappa shape index (κ2) is 6.22. The van der Waals surface area contributed by atoms with Crippen LogP contribution in [0.2, 0.25) is 5.02 Å². The van der Waals surface area contributed by atoms with E-state index in [2.05, 4.69) is 17.3 Å². The zero-order valence-electron chi connectivity index (χ0n) is 11.8. The van der Waals surface area contributed by atoms with Crippen LogP contribution in [0, 0.1) is 6.92 Å². The van der Waals surface area contributed by atoms with Crippen molar-refractivity contribution in [1.82, 2.24) is 15.1 Å². The maximum Gasteiger partial charge on any atom is 0.106 e. The summed E-state index contributed by atoms with van der Waals surface area (Å²) in [6, 6.07) is 0. The van der Waals surface area contributed by atoms with Crippen molar-refractivity contribution in [1.29, 1.82) is 0 Å². The van der Waals surface area contributed by atoms with Crippen LogP contribution in [0.25, 0.3) is 0 Å². The molecule has 0 aromatic carbocycles. The molecule has 1 aromatic heterocycles. The van der Waals surface area contributed by atoms with E-state index in [-0.39, 0.29) is 5.60 Å². The van der Waals surface area contributed by atoms with Crippen molar-refractivity contribution in [2.75, 3.05) is 26.9 Å². The SMILES string of the molecule is CCn1nc(C)c(Cl)c1CNCC1(OC)CCOC1.